The molecule has 5 nitrogen and oxygen atoms in total. The highest BCUT2D eigenvalue weighted by Crippen LogP contribution is 2.24. The van der Waals surface area contributed by atoms with E-state index in [9.17, 15) is 0 Å². The first kappa shape index (κ1) is 25.9. The SMILES string of the molecule is CCNC(=NCc1ccccc1CN(CC)CC)NC1CCN(c2cccs2)CC1.I. The van der Waals surface area contributed by atoms with Crippen molar-refractivity contribution in [3.05, 3.63) is 52.9 Å². The summed E-state index contributed by atoms with van der Waals surface area (Å²) in [6.45, 7) is 13.5. The molecule has 0 bridgehead atoms. The zero-order chi connectivity index (χ0) is 21.2. The molecule has 1 aromatic carbocycles. The Morgan fingerprint density at radius 3 is 2.39 bits per heavy atom. The smallest absolute Gasteiger partial charge is 0.191 e. The molecule has 0 saturated carbocycles. The van der Waals surface area contributed by atoms with Gasteiger partial charge in [0.05, 0.1) is 11.5 Å². The zero-order valence-electron chi connectivity index (χ0n) is 19.1. The molecule has 0 atom stereocenters. The number of benzene rings is 1. The monoisotopic (exact) mass is 555 g/mol. The van der Waals surface area contributed by atoms with Crippen LogP contribution in [0.4, 0.5) is 5.00 Å². The third kappa shape index (κ3) is 7.95. The Bertz CT molecular complexity index is 768. The predicted molar refractivity (Wildman–Crippen MR) is 146 cm³/mol. The molecule has 1 aromatic heterocycles. The number of nitrogens with one attached hydrogen (secondary N) is 2. The van der Waals surface area contributed by atoms with E-state index in [2.05, 4.69) is 83.0 Å². The van der Waals surface area contributed by atoms with Crippen LogP contribution in [0.2, 0.25) is 0 Å². The van der Waals surface area contributed by atoms with E-state index >= 15 is 0 Å². The molecule has 0 spiro atoms. The molecular formula is C24H38IN5S. The maximum Gasteiger partial charge on any atom is 0.191 e. The number of anilines is 1. The summed E-state index contributed by atoms with van der Waals surface area (Å²) in [5.41, 5.74) is 2.69. The maximum atomic E-state index is 4.93. The predicted octanol–water partition coefficient (Wildman–Crippen LogP) is 4.93. The molecule has 2 heterocycles. The second kappa shape index (κ2) is 14.0. The quantitative estimate of drug-likeness (QED) is 0.262. The molecule has 1 fully saturated rings. The lowest BCUT2D eigenvalue weighted by molar-refractivity contribution is 0.295. The highest BCUT2D eigenvalue weighted by Gasteiger charge is 2.20. The van der Waals surface area contributed by atoms with Crippen LogP contribution in [-0.4, -0.2) is 49.6 Å². The van der Waals surface area contributed by atoms with Gasteiger partial charge in [-0.3, -0.25) is 4.90 Å². The molecule has 0 unspecified atom stereocenters. The summed E-state index contributed by atoms with van der Waals surface area (Å²) in [6, 6.07) is 13.5. The van der Waals surface area contributed by atoms with Gasteiger partial charge < -0.3 is 15.5 Å². The van der Waals surface area contributed by atoms with E-state index in [0.29, 0.717) is 12.6 Å². The standard InChI is InChI=1S/C24H37N5S.HI/c1-4-25-24(27-22-13-15-29(16-14-22)23-12-9-17-30-23)26-18-20-10-7-8-11-21(20)19-28(5-2)6-3;/h7-12,17,22H,4-6,13-16,18-19H2,1-3H3,(H2,25,26,27);1H. The van der Waals surface area contributed by atoms with Crippen molar-refractivity contribution in [2.24, 2.45) is 4.99 Å². The lowest BCUT2D eigenvalue weighted by atomic mass is 10.1. The molecule has 2 aromatic rings. The molecule has 31 heavy (non-hydrogen) atoms. The van der Waals surface area contributed by atoms with Crippen LogP contribution in [-0.2, 0) is 13.1 Å². The Hall–Kier alpha value is -1.32. The summed E-state index contributed by atoms with van der Waals surface area (Å²) < 4.78 is 0. The lowest BCUT2D eigenvalue weighted by Crippen LogP contribution is -2.48. The van der Waals surface area contributed by atoms with Gasteiger partial charge in [0.1, 0.15) is 0 Å². The van der Waals surface area contributed by atoms with Crippen LogP contribution in [0.25, 0.3) is 0 Å². The van der Waals surface area contributed by atoms with Crippen molar-refractivity contribution < 1.29 is 0 Å². The molecule has 1 saturated heterocycles. The largest absolute Gasteiger partial charge is 0.363 e. The Morgan fingerprint density at radius 1 is 1.06 bits per heavy atom. The second-order valence-corrected chi connectivity index (χ2v) is 8.71. The lowest BCUT2D eigenvalue weighted by Gasteiger charge is -2.33. The first-order chi connectivity index (χ1) is 14.7. The van der Waals surface area contributed by atoms with Crippen molar-refractivity contribution >= 4 is 46.3 Å². The normalized spacial score (nSPS) is 15.1. The molecule has 0 radical (unpaired) electrons. The van der Waals surface area contributed by atoms with E-state index in [0.717, 1.165) is 58.1 Å². The van der Waals surface area contributed by atoms with Crippen LogP contribution in [0, 0.1) is 0 Å². The second-order valence-electron chi connectivity index (χ2n) is 7.78. The number of rotatable bonds is 9. The van der Waals surface area contributed by atoms with Crippen molar-refractivity contribution in [1.29, 1.82) is 0 Å². The summed E-state index contributed by atoms with van der Waals surface area (Å²) >= 11 is 1.83. The molecule has 7 heteroatoms. The minimum Gasteiger partial charge on any atom is -0.363 e. The van der Waals surface area contributed by atoms with Gasteiger partial charge in [0.15, 0.2) is 5.96 Å². The first-order valence-electron chi connectivity index (χ1n) is 11.4. The number of halogens is 1. The number of aliphatic imine (C=N–C) groups is 1. The van der Waals surface area contributed by atoms with Gasteiger partial charge in [-0.25, -0.2) is 4.99 Å². The summed E-state index contributed by atoms with van der Waals surface area (Å²) in [4.78, 5) is 9.88. The van der Waals surface area contributed by atoms with Crippen molar-refractivity contribution in [2.45, 2.75) is 52.7 Å². The van der Waals surface area contributed by atoms with Crippen molar-refractivity contribution in [3.8, 4) is 0 Å². The Morgan fingerprint density at radius 2 is 1.77 bits per heavy atom. The van der Waals surface area contributed by atoms with E-state index in [1.807, 2.05) is 11.3 Å². The minimum absolute atomic E-state index is 0. The van der Waals surface area contributed by atoms with Gasteiger partial charge in [-0.2, -0.15) is 0 Å². The number of hydrogen-bond acceptors (Lipinski definition) is 4. The van der Waals surface area contributed by atoms with Gasteiger partial charge in [0.25, 0.3) is 0 Å². The molecule has 1 aliphatic rings. The van der Waals surface area contributed by atoms with Crippen molar-refractivity contribution in [2.75, 3.05) is 37.6 Å². The van der Waals surface area contributed by atoms with E-state index in [1.165, 1.54) is 16.1 Å². The van der Waals surface area contributed by atoms with Crippen molar-refractivity contribution in [3.63, 3.8) is 0 Å². The van der Waals surface area contributed by atoms with E-state index in [-0.39, 0.29) is 24.0 Å². The fourth-order valence-electron chi connectivity index (χ4n) is 3.93. The maximum absolute atomic E-state index is 4.93. The average molecular weight is 556 g/mol. The topological polar surface area (TPSA) is 42.9 Å². The average Bonchev–Trinajstić information content (AvgIpc) is 3.32. The Labute approximate surface area is 209 Å². The van der Waals surface area contributed by atoms with E-state index in [4.69, 9.17) is 4.99 Å². The van der Waals surface area contributed by atoms with Crippen LogP contribution in [0.15, 0.2) is 46.8 Å². The minimum atomic E-state index is 0. The highest BCUT2D eigenvalue weighted by atomic mass is 127. The van der Waals surface area contributed by atoms with E-state index < -0.39 is 0 Å². The summed E-state index contributed by atoms with van der Waals surface area (Å²) in [5.74, 6) is 0.935. The van der Waals surface area contributed by atoms with Gasteiger partial charge in [0.2, 0.25) is 0 Å². The summed E-state index contributed by atoms with van der Waals surface area (Å²) in [6.07, 6.45) is 2.28. The molecule has 0 aliphatic carbocycles. The van der Waals surface area contributed by atoms with Crippen molar-refractivity contribution in [1.82, 2.24) is 15.5 Å². The molecule has 0 amide bonds. The molecule has 2 N–H and O–H groups in total. The fraction of sp³-hybridized carbons (Fsp3) is 0.542. The number of thiophene rings is 1. The van der Waals surface area contributed by atoms with Gasteiger partial charge in [-0.1, -0.05) is 38.1 Å². The first-order valence-corrected chi connectivity index (χ1v) is 12.2. The molecule has 3 rings (SSSR count). The van der Waals surface area contributed by atoms with Crippen LogP contribution in [0.5, 0.6) is 0 Å². The highest BCUT2D eigenvalue weighted by molar-refractivity contribution is 14.0. The number of guanidine groups is 1. The number of piperidine rings is 1. The van der Waals surface area contributed by atoms with E-state index in [1.54, 1.807) is 0 Å². The van der Waals surface area contributed by atoms with Gasteiger partial charge >= 0.3 is 0 Å². The van der Waals surface area contributed by atoms with Crippen LogP contribution in [0.3, 0.4) is 0 Å². The molecular weight excluding hydrogens is 517 g/mol. The van der Waals surface area contributed by atoms with Gasteiger partial charge in [-0.15, -0.1) is 35.3 Å². The van der Waals surface area contributed by atoms with Gasteiger partial charge in [-0.05, 0) is 61.5 Å². The van der Waals surface area contributed by atoms with Crippen LogP contribution < -0.4 is 15.5 Å². The Kier molecular flexibility index (Phi) is 11.7. The third-order valence-electron chi connectivity index (χ3n) is 5.81. The van der Waals surface area contributed by atoms with Gasteiger partial charge in [0, 0.05) is 32.2 Å². The van der Waals surface area contributed by atoms with Crippen LogP contribution in [0.1, 0.15) is 44.7 Å². The third-order valence-corrected chi connectivity index (χ3v) is 6.74. The molecule has 1 aliphatic heterocycles. The molecule has 172 valence electrons. The Balaban J connectivity index is 0.00000341. The fourth-order valence-corrected chi connectivity index (χ4v) is 4.71. The number of nitrogens with zero attached hydrogens (tertiary/aromatic N) is 3. The van der Waals surface area contributed by atoms with Crippen LogP contribution >= 0.6 is 35.3 Å². The zero-order valence-corrected chi connectivity index (χ0v) is 22.3. The number of hydrogen-bond donors (Lipinski definition) is 2. The summed E-state index contributed by atoms with van der Waals surface area (Å²) in [7, 11) is 0. The summed E-state index contributed by atoms with van der Waals surface area (Å²) in [5, 5.41) is 10.7.